The number of methoxy groups -OCH3 is 1. The van der Waals surface area contributed by atoms with Crippen LogP contribution >= 0.6 is 0 Å². The van der Waals surface area contributed by atoms with Crippen molar-refractivity contribution in [3.8, 4) is 5.75 Å². The molecule has 0 bridgehead atoms. The van der Waals surface area contributed by atoms with Crippen LogP contribution in [0.25, 0.3) is 0 Å². The van der Waals surface area contributed by atoms with Gasteiger partial charge in [0.15, 0.2) is 17.3 Å². The first-order valence-electron chi connectivity index (χ1n) is 8.26. The highest BCUT2D eigenvalue weighted by molar-refractivity contribution is 5.96. The molecule has 0 heterocycles. The number of hydrogen-bond acceptors (Lipinski definition) is 4. The Morgan fingerprint density at radius 3 is 2.35 bits per heavy atom. The van der Waals surface area contributed by atoms with Crippen molar-refractivity contribution in [1.82, 2.24) is 0 Å². The topological polar surface area (TPSA) is 52.6 Å². The highest BCUT2D eigenvalue weighted by Crippen LogP contribution is 2.19. The number of esters is 1. The number of benzene rings is 2. The number of Topliss-reactive ketones (excluding diaryl/α,β-unsaturated/α-hetero) is 1. The fourth-order valence-electron chi connectivity index (χ4n) is 2.34. The quantitative estimate of drug-likeness (QED) is 0.375. The second kappa shape index (κ2) is 9.65. The van der Waals surface area contributed by atoms with E-state index in [4.69, 9.17) is 4.74 Å². The molecule has 0 radical (unpaired) electrons. The minimum absolute atomic E-state index is 0.0153. The Morgan fingerprint density at radius 1 is 0.962 bits per heavy atom. The van der Waals surface area contributed by atoms with Gasteiger partial charge in [-0.15, -0.1) is 0 Å². The first-order chi connectivity index (χ1) is 12.5. The molecule has 0 spiro atoms. The van der Waals surface area contributed by atoms with Crippen LogP contribution in [-0.4, -0.2) is 18.9 Å². The lowest BCUT2D eigenvalue weighted by Crippen LogP contribution is -2.03. The maximum atomic E-state index is 13.5. The summed E-state index contributed by atoms with van der Waals surface area (Å²) in [4.78, 5) is 23.1. The normalized spacial score (nSPS) is 10.4. The predicted octanol–water partition coefficient (Wildman–Crippen LogP) is 4.46. The number of carbonyl (C=O) groups is 2. The molecule has 2 rings (SSSR count). The van der Waals surface area contributed by atoms with Crippen LogP contribution in [0.2, 0.25) is 0 Å². The van der Waals surface area contributed by atoms with Gasteiger partial charge in [0.25, 0.3) is 0 Å². The maximum absolute atomic E-state index is 13.5. The molecule has 6 heteroatoms. The summed E-state index contributed by atoms with van der Waals surface area (Å²) in [5.41, 5.74) is 1.29. The second-order valence-corrected chi connectivity index (χ2v) is 5.77. The van der Waals surface area contributed by atoms with Gasteiger partial charge >= 0.3 is 5.97 Å². The van der Waals surface area contributed by atoms with Gasteiger partial charge in [-0.05, 0) is 30.5 Å². The maximum Gasteiger partial charge on any atom is 0.305 e. The van der Waals surface area contributed by atoms with Crippen LogP contribution in [0.4, 0.5) is 8.78 Å². The lowest BCUT2D eigenvalue weighted by molar-refractivity contribution is -0.140. The van der Waals surface area contributed by atoms with E-state index in [9.17, 15) is 18.4 Å². The summed E-state index contributed by atoms with van der Waals surface area (Å²) in [6.45, 7) is 0.0635. The summed E-state index contributed by atoms with van der Waals surface area (Å²) in [7, 11) is 1.33. The summed E-state index contributed by atoms with van der Waals surface area (Å²) in [6, 6.07) is 9.77. The van der Waals surface area contributed by atoms with Crippen LogP contribution in [0.5, 0.6) is 5.75 Å². The summed E-state index contributed by atoms with van der Waals surface area (Å²) in [5, 5.41) is 0. The monoisotopic (exact) mass is 362 g/mol. The van der Waals surface area contributed by atoms with Crippen molar-refractivity contribution in [3.63, 3.8) is 0 Å². The second-order valence-electron chi connectivity index (χ2n) is 5.77. The van der Waals surface area contributed by atoms with Crippen LogP contribution in [-0.2, 0) is 16.1 Å². The van der Waals surface area contributed by atoms with Gasteiger partial charge in [-0.3, -0.25) is 9.59 Å². The van der Waals surface area contributed by atoms with Crippen LogP contribution in [0.3, 0.4) is 0 Å². The number of unbranched alkanes of at least 4 members (excludes halogenated alkanes) is 1. The van der Waals surface area contributed by atoms with Crippen molar-refractivity contribution in [2.75, 3.05) is 7.11 Å². The molecular formula is C20H20F2O4. The molecule has 0 aliphatic rings. The number of rotatable bonds is 9. The molecule has 0 aromatic heterocycles. The number of carbonyl (C=O) groups excluding carboxylic acids is 2. The molecule has 2 aromatic carbocycles. The standard InChI is InChI=1S/C20H20F2O4/c1-25-20(24)5-3-2-4-18(23)15-8-6-14(7-9-15)13-26-19-12-16(21)10-11-17(19)22/h6-12H,2-5,13H2,1H3. The fraction of sp³-hybridized carbons (Fsp3) is 0.300. The molecule has 0 atom stereocenters. The zero-order chi connectivity index (χ0) is 18.9. The number of ether oxygens (including phenoxy) is 2. The third kappa shape index (κ3) is 5.95. The Bertz CT molecular complexity index is 757. The van der Waals surface area contributed by atoms with Crippen molar-refractivity contribution in [3.05, 3.63) is 65.2 Å². The minimum atomic E-state index is -0.634. The molecule has 0 amide bonds. The molecular weight excluding hydrogens is 342 g/mol. The van der Waals surface area contributed by atoms with Crippen LogP contribution in [0.1, 0.15) is 41.6 Å². The van der Waals surface area contributed by atoms with Gasteiger partial charge in [0.2, 0.25) is 0 Å². The molecule has 2 aromatic rings. The number of hydrogen-bond donors (Lipinski definition) is 0. The molecule has 0 fully saturated rings. The Hall–Kier alpha value is -2.76. The van der Waals surface area contributed by atoms with Crippen LogP contribution in [0.15, 0.2) is 42.5 Å². The SMILES string of the molecule is COC(=O)CCCCC(=O)c1ccc(COc2cc(F)ccc2F)cc1. The van der Waals surface area contributed by atoms with Crippen molar-refractivity contribution < 1.29 is 27.8 Å². The lowest BCUT2D eigenvalue weighted by atomic mass is 10.0. The Balaban J connectivity index is 1.82. The van der Waals surface area contributed by atoms with Gasteiger partial charge in [-0.25, -0.2) is 8.78 Å². The lowest BCUT2D eigenvalue weighted by Gasteiger charge is -2.08. The molecule has 138 valence electrons. The molecule has 4 nitrogen and oxygen atoms in total. The average molecular weight is 362 g/mol. The van der Waals surface area contributed by atoms with Gasteiger partial charge in [0.1, 0.15) is 12.4 Å². The summed E-state index contributed by atoms with van der Waals surface area (Å²) in [6.07, 6.45) is 1.86. The van der Waals surface area contributed by atoms with E-state index in [1.54, 1.807) is 24.3 Å². The third-order valence-corrected chi connectivity index (χ3v) is 3.83. The molecule has 0 unspecified atom stereocenters. The van der Waals surface area contributed by atoms with Crippen LogP contribution in [0, 0.1) is 11.6 Å². The highest BCUT2D eigenvalue weighted by Gasteiger charge is 2.08. The molecule has 0 aliphatic carbocycles. The molecule has 0 aliphatic heterocycles. The first kappa shape index (κ1) is 19.6. The first-order valence-corrected chi connectivity index (χ1v) is 8.26. The van der Waals surface area contributed by atoms with Crippen molar-refractivity contribution in [1.29, 1.82) is 0 Å². The number of ketones is 1. The van der Waals surface area contributed by atoms with Gasteiger partial charge in [-0.2, -0.15) is 0 Å². The van der Waals surface area contributed by atoms with Crippen LogP contribution < -0.4 is 4.74 Å². The van der Waals surface area contributed by atoms with E-state index in [2.05, 4.69) is 4.74 Å². The third-order valence-electron chi connectivity index (χ3n) is 3.83. The van der Waals surface area contributed by atoms with E-state index >= 15 is 0 Å². The van der Waals surface area contributed by atoms with E-state index in [1.165, 1.54) is 7.11 Å². The van der Waals surface area contributed by atoms with Crippen molar-refractivity contribution in [2.24, 2.45) is 0 Å². The van der Waals surface area contributed by atoms with Gasteiger partial charge in [0, 0.05) is 24.5 Å². The summed E-state index contributed by atoms with van der Waals surface area (Å²) < 4.78 is 36.4. The van der Waals surface area contributed by atoms with Gasteiger partial charge in [-0.1, -0.05) is 24.3 Å². The van der Waals surface area contributed by atoms with E-state index in [0.29, 0.717) is 31.2 Å². The minimum Gasteiger partial charge on any atom is -0.486 e. The summed E-state index contributed by atoms with van der Waals surface area (Å²) >= 11 is 0. The van der Waals surface area contributed by atoms with Crippen molar-refractivity contribution in [2.45, 2.75) is 32.3 Å². The Labute approximate surface area is 150 Å². The average Bonchev–Trinajstić information content (AvgIpc) is 2.66. The van der Waals surface area contributed by atoms with E-state index in [-0.39, 0.29) is 24.1 Å². The van der Waals surface area contributed by atoms with Gasteiger partial charge in [0.05, 0.1) is 7.11 Å². The molecule has 0 N–H and O–H groups in total. The summed E-state index contributed by atoms with van der Waals surface area (Å²) in [5.74, 6) is -1.66. The van der Waals surface area contributed by atoms with Gasteiger partial charge < -0.3 is 9.47 Å². The zero-order valence-electron chi connectivity index (χ0n) is 14.5. The molecule has 0 saturated heterocycles. The van der Waals surface area contributed by atoms with Crippen molar-refractivity contribution >= 4 is 11.8 Å². The largest absolute Gasteiger partial charge is 0.486 e. The number of halogens is 2. The molecule has 26 heavy (non-hydrogen) atoms. The Morgan fingerprint density at radius 2 is 1.65 bits per heavy atom. The predicted molar refractivity (Wildman–Crippen MR) is 91.9 cm³/mol. The molecule has 0 saturated carbocycles. The highest BCUT2D eigenvalue weighted by atomic mass is 19.1. The van der Waals surface area contributed by atoms with E-state index in [0.717, 1.165) is 23.8 Å². The smallest absolute Gasteiger partial charge is 0.305 e. The zero-order valence-corrected chi connectivity index (χ0v) is 14.5. The van der Waals surface area contributed by atoms with E-state index < -0.39 is 11.6 Å². The van der Waals surface area contributed by atoms with E-state index in [1.807, 2.05) is 0 Å². The Kier molecular flexibility index (Phi) is 7.26. The fourth-order valence-corrected chi connectivity index (χ4v) is 2.34.